The first-order valence-corrected chi connectivity index (χ1v) is 7.42. The number of benzene rings is 1. The first-order valence-electron chi connectivity index (χ1n) is 7.42. The van der Waals surface area contributed by atoms with Crippen LogP contribution < -0.4 is 16.0 Å². The maximum absolute atomic E-state index is 12.1. The molecule has 21 heavy (non-hydrogen) atoms. The lowest BCUT2D eigenvalue weighted by Gasteiger charge is -2.28. The minimum absolute atomic E-state index is 0.0297. The number of hydrogen-bond donors (Lipinski definition) is 3. The number of carbonyl (C=O) groups is 1. The van der Waals surface area contributed by atoms with Crippen molar-refractivity contribution >= 4 is 11.7 Å². The van der Waals surface area contributed by atoms with Gasteiger partial charge >= 0.3 is 6.03 Å². The van der Waals surface area contributed by atoms with Crippen molar-refractivity contribution in [1.29, 1.82) is 0 Å². The van der Waals surface area contributed by atoms with Crippen LogP contribution in [0, 0.1) is 0 Å². The minimum atomic E-state index is -0.301. The van der Waals surface area contributed by atoms with Gasteiger partial charge in [-0.3, -0.25) is 0 Å². The first kappa shape index (κ1) is 15.8. The fraction of sp³-hybridized carbons (Fsp3) is 0.562. The largest absolute Gasteiger partial charge is 0.376 e. The quantitative estimate of drug-likeness (QED) is 0.799. The van der Waals surface area contributed by atoms with E-state index in [1.54, 1.807) is 0 Å². The van der Waals surface area contributed by atoms with Gasteiger partial charge in [-0.1, -0.05) is 12.1 Å². The van der Waals surface area contributed by atoms with E-state index in [9.17, 15) is 4.79 Å². The second-order valence-electron chi connectivity index (χ2n) is 5.89. The monoisotopic (exact) mass is 291 g/mol. The summed E-state index contributed by atoms with van der Waals surface area (Å²) < 4.78 is 5.52. The average molecular weight is 291 g/mol. The third-order valence-corrected chi connectivity index (χ3v) is 4.39. The van der Waals surface area contributed by atoms with E-state index < -0.39 is 0 Å². The standard InChI is InChI=1S/C16H25N3O2/c1-11(17-4)13-5-7-14(8-6-13)18-15(20)19-16(3)9-10-21-12(16)2/h5-8,11-12,17H,9-10H2,1-4H3,(H2,18,19,20). The van der Waals surface area contributed by atoms with Gasteiger partial charge in [0.15, 0.2) is 0 Å². The highest BCUT2D eigenvalue weighted by Gasteiger charge is 2.38. The topological polar surface area (TPSA) is 62.4 Å². The Bertz CT molecular complexity index is 489. The molecule has 1 aliphatic rings. The Balaban J connectivity index is 1.94. The molecule has 3 atom stereocenters. The second-order valence-corrected chi connectivity index (χ2v) is 5.89. The number of amides is 2. The molecule has 1 heterocycles. The Morgan fingerprint density at radius 3 is 2.57 bits per heavy atom. The van der Waals surface area contributed by atoms with Gasteiger partial charge in [0.05, 0.1) is 11.6 Å². The van der Waals surface area contributed by atoms with Crippen LogP contribution in [-0.4, -0.2) is 31.3 Å². The fourth-order valence-electron chi connectivity index (χ4n) is 2.44. The van der Waals surface area contributed by atoms with Crippen molar-refractivity contribution in [2.24, 2.45) is 0 Å². The summed E-state index contributed by atoms with van der Waals surface area (Å²) in [5.41, 5.74) is 1.67. The highest BCUT2D eigenvalue weighted by Crippen LogP contribution is 2.25. The Kier molecular flexibility index (Phi) is 4.85. The molecule has 0 saturated carbocycles. The molecule has 1 aliphatic heterocycles. The van der Waals surface area contributed by atoms with Crippen molar-refractivity contribution in [1.82, 2.24) is 10.6 Å². The van der Waals surface area contributed by atoms with Crippen molar-refractivity contribution in [3.8, 4) is 0 Å². The van der Waals surface area contributed by atoms with Gasteiger partial charge in [-0.25, -0.2) is 4.79 Å². The molecule has 0 bridgehead atoms. The number of anilines is 1. The minimum Gasteiger partial charge on any atom is -0.376 e. The maximum atomic E-state index is 12.1. The number of urea groups is 1. The zero-order chi connectivity index (χ0) is 15.5. The van der Waals surface area contributed by atoms with Crippen LogP contribution in [0.15, 0.2) is 24.3 Å². The molecule has 1 saturated heterocycles. The molecule has 5 heteroatoms. The highest BCUT2D eigenvalue weighted by molar-refractivity contribution is 5.89. The number of rotatable bonds is 4. The van der Waals surface area contributed by atoms with Crippen LogP contribution in [0.2, 0.25) is 0 Å². The van der Waals surface area contributed by atoms with E-state index in [0.717, 1.165) is 12.1 Å². The molecule has 3 N–H and O–H groups in total. The molecule has 2 rings (SSSR count). The molecule has 1 fully saturated rings. The summed E-state index contributed by atoms with van der Waals surface area (Å²) >= 11 is 0. The second kappa shape index (κ2) is 6.45. The number of nitrogens with one attached hydrogen (secondary N) is 3. The number of hydrogen-bond acceptors (Lipinski definition) is 3. The van der Waals surface area contributed by atoms with Crippen LogP contribution in [0.3, 0.4) is 0 Å². The molecule has 116 valence electrons. The van der Waals surface area contributed by atoms with Crippen LogP contribution in [0.1, 0.15) is 38.8 Å². The first-order chi connectivity index (χ1) is 9.94. The van der Waals surface area contributed by atoms with Crippen LogP contribution in [0.5, 0.6) is 0 Å². The van der Waals surface area contributed by atoms with Crippen molar-refractivity contribution in [3.63, 3.8) is 0 Å². The maximum Gasteiger partial charge on any atom is 0.319 e. The van der Waals surface area contributed by atoms with Crippen molar-refractivity contribution in [3.05, 3.63) is 29.8 Å². The predicted molar refractivity (Wildman–Crippen MR) is 84.5 cm³/mol. The van der Waals surface area contributed by atoms with Crippen LogP contribution in [0.25, 0.3) is 0 Å². The molecular weight excluding hydrogens is 266 g/mol. The zero-order valence-electron chi connectivity index (χ0n) is 13.2. The lowest BCUT2D eigenvalue weighted by atomic mass is 9.95. The van der Waals surface area contributed by atoms with E-state index in [4.69, 9.17) is 4.74 Å². The molecule has 0 aromatic heterocycles. The van der Waals surface area contributed by atoms with E-state index in [1.807, 2.05) is 45.2 Å². The van der Waals surface area contributed by atoms with Gasteiger partial charge in [0.25, 0.3) is 0 Å². The molecule has 1 aromatic carbocycles. The fourth-order valence-corrected chi connectivity index (χ4v) is 2.44. The molecule has 3 unspecified atom stereocenters. The van der Waals surface area contributed by atoms with Gasteiger partial charge in [-0.2, -0.15) is 0 Å². The van der Waals surface area contributed by atoms with Gasteiger partial charge in [0, 0.05) is 18.3 Å². The average Bonchev–Trinajstić information content (AvgIpc) is 2.78. The molecule has 0 aliphatic carbocycles. The summed E-state index contributed by atoms with van der Waals surface area (Å²) in [6, 6.07) is 7.96. The number of carbonyl (C=O) groups excluding carboxylic acids is 1. The normalized spacial score (nSPS) is 26.4. The lowest BCUT2D eigenvalue weighted by Crippen LogP contribution is -2.52. The smallest absolute Gasteiger partial charge is 0.319 e. The molecule has 5 nitrogen and oxygen atoms in total. The van der Waals surface area contributed by atoms with E-state index in [1.165, 1.54) is 5.56 Å². The van der Waals surface area contributed by atoms with Crippen molar-refractivity contribution in [2.75, 3.05) is 19.0 Å². The molecule has 0 spiro atoms. The molecule has 1 aromatic rings. The van der Waals surface area contributed by atoms with Crippen molar-refractivity contribution < 1.29 is 9.53 Å². The summed E-state index contributed by atoms with van der Waals surface area (Å²) in [4.78, 5) is 12.1. The Labute approximate surface area is 126 Å². The summed E-state index contributed by atoms with van der Waals surface area (Å²) in [5.74, 6) is 0. The summed E-state index contributed by atoms with van der Waals surface area (Å²) in [6.07, 6.45) is 0.863. The molecule has 2 amide bonds. The Hall–Kier alpha value is -1.59. The lowest BCUT2D eigenvalue weighted by molar-refractivity contribution is 0.0920. The SMILES string of the molecule is CNC(C)c1ccc(NC(=O)NC2(C)CCOC2C)cc1. The third-order valence-electron chi connectivity index (χ3n) is 4.39. The van der Waals surface area contributed by atoms with E-state index in [0.29, 0.717) is 12.6 Å². The highest BCUT2D eigenvalue weighted by atomic mass is 16.5. The third kappa shape index (κ3) is 3.74. The van der Waals surface area contributed by atoms with Crippen molar-refractivity contribution in [2.45, 2.75) is 44.9 Å². The summed E-state index contributed by atoms with van der Waals surface area (Å²) in [6.45, 7) is 6.79. The van der Waals surface area contributed by atoms with Crippen LogP contribution >= 0.6 is 0 Å². The van der Waals surface area contributed by atoms with Gasteiger partial charge in [-0.05, 0) is 51.9 Å². The molecule has 0 radical (unpaired) electrons. The summed E-state index contributed by atoms with van der Waals surface area (Å²) in [5, 5.41) is 9.07. The van der Waals surface area contributed by atoms with E-state index in [2.05, 4.69) is 22.9 Å². The zero-order valence-corrected chi connectivity index (χ0v) is 13.2. The van der Waals surface area contributed by atoms with E-state index >= 15 is 0 Å². The van der Waals surface area contributed by atoms with Crippen LogP contribution in [0.4, 0.5) is 10.5 Å². The number of ether oxygens (including phenoxy) is 1. The summed E-state index contributed by atoms with van der Waals surface area (Å²) in [7, 11) is 1.93. The molecular formula is C16H25N3O2. The van der Waals surface area contributed by atoms with Crippen LogP contribution in [-0.2, 0) is 4.74 Å². The Morgan fingerprint density at radius 1 is 1.38 bits per heavy atom. The van der Waals surface area contributed by atoms with Gasteiger partial charge in [0.2, 0.25) is 0 Å². The Morgan fingerprint density at radius 2 is 2.05 bits per heavy atom. The van der Waals surface area contributed by atoms with Gasteiger partial charge in [-0.15, -0.1) is 0 Å². The van der Waals surface area contributed by atoms with E-state index in [-0.39, 0.29) is 17.7 Å². The van der Waals surface area contributed by atoms with Gasteiger partial charge < -0.3 is 20.7 Å². The predicted octanol–water partition coefficient (Wildman–Crippen LogP) is 2.66. The van der Waals surface area contributed by atoms with Gasteiger partial charge in [0.1, 0.15) is 0 Å².